The van der Waals surface area contributed by atoms with E-state index in [9.17, 15) is 9.59 Å². The quantitative estimate of drug-likeness (QED) is 0.554. The van der Waals surface area contributed by atoms with Gasteiger partial charge in [-0.3, -0.25) is 9.59 Å². The van der Waals surface area contributed by atoms with Crippen molar-refractivity contribution in [2.24, 2.45) is 0 Å². The second kappa shape index (κ2) is 8.98. The van der Waals surface area contributed by atoms with E-state index in [4.69, 9.17) is 25.5 Å². The van der Waals surface area contributed by atoms with Gasteiger partial charge in [-0.2, -0.15) is 0 Å². The van der Waals surface area contributed by atoms with Crippen molar-refractivity contribution in [1.29, 1.82) is 0 Å². The van der Waals surface area contributed by atoms with Gasteiger partial charge in [0.05, 0.1) is 7.11 Å². The Morgan fingerprint density at radius 1 is 1.17 bits per heavy atom. The lowest BCUT2D eigenvalue weighted by atomic mass is 10.3. The predicted octanol–water partition coefficient (Wildman–Crippen LogP) is 3.14. The first-order valence-electron chi connectivity index (χ1n) is 7.41. The molecule has 0 spiro atoms. The van der Waals surface area contributed by atoms with Gasteiger partial charge >= 0.3 is 0 Å². The van der Waals surface area contributed by atoms with Crippen LogP contribution in [0, 0.1) is 0 Å². The zero-order chi connectivity index (χ0) is 17.4. The number of amides is 1. The number of furan rings is 1. The van der Waals surface area contributed by atoms with E-state index in [1.807, 2.05) is 12.1 Å². The van der Waals surface area contributed by atoms with Crippen LogP contribution in [0.1, 0.15) is 29.2 Å². The number of hydrogen-bond acceptors (Lipinski definition) is 5. The van der Waals surface area contributed by atoms with E-state index >= 15 is 0 Å². The molecular formula is C17H18ClNO5. The summed E-state index contributed by atoms with van der Waals surface area (Å²) in [6.45, 7) is 0.527. The molecule has 2 aromatic rings. The monoisotopic (exact) mass is 351 g/mol. The molecule has 6 nitrogen and oxygen atoms in total. The maximum Gasteiger partial charge on any atom is 0.286 e. The Labute approximate surface area is 144 Å². The first kappa shape index (κ1) is 17.9. The predicted molar refractivity (Wildman–Crippen MR) is 88.5 cm³/mol. The Bertz CT molecular complexity index is 698. The molecule has 128 valence electrons. The summed E-state index contributed by atoms with van der Waals surface area (Å²) < 4.78 is 16.3. The molecule has 1 aromatic heterocycles. The minimum atomic E-state index is -0.418. The lowest BCUT2D eigenvalue weighted by molar-refractivity contribution is -0.111. The van der Waals surface area contributed by atoms with Gasteiger partial charge in [-0.05, 0) is 42.3 Å². The number of nitrogens with one attached hydrogen (secondary N) is 1. The zero-order valence-electron chi connectivity index (χ0n) is 13.2. The maximum atomic E-state index is 11.9. The number of para-hydroxylation sites is 2. The molecule has 0 fully saturated rings. The van der Waals surface area contributed by atoms with Gasteiger partial charge in [-0.15, -0.1) is 0 Å². The van der Waals surface area contributed by atoms with Crippen molar-refractivity contribution in [2.75, 3.05) is 13.7 Å². The molecule has 7 heteroatoms. The summed E-state index contributed by atoms with van der Waals surface area (Å²) in [6.07, 6.45) is 0.705. The van der Waals surface area contributed by atoms with Gasteiger partial charge in [-0.1, -0.05) is 12.1 Å². The van der Waals surface area contributed by atoms with Crippen molar-refractivity contribution in [2.45, 2.75) is 19.4 Å². The van der Waals surface area contributed by atoms with Crippen LogP contribution in [0.2, 0.25) is 0 Å². The molecule has 0 aliphatic carbocycles. The van der Waals surface area contributed by atoms with E-state index in [1.165, 1.54) is 0 Å². The number of halogens is 1. The van der Waals surface area contributed by atoms with E-state index < -0.39 is 5.24 Å². The molecule has 0 radical (unpaired) electrons. The molecule has 0 saturated heterocycles. The molecule has 0 aliphatic rings. The minimum Gasteiger partial charge on any atom is -0.493 e. The summed E-state index contributed by atoms with van der Waals surface area (Å²) in [7, 11) is 1.56. The number of carbonyl (C=O) groups is 2. The maximum absolute atomic E-state index is 11.9. The third-order valence-corrected chi connectivity index (χ3v) is 3.35. The van der Waals surface area contributed by atoms with Crippen LogP contribution in [0.4, 0.5) is 0 Å². The van der Waals surface area contributed by atoms with Crippen molar-refractivity contribution in [1.82, 2.24) is 5.32 Å². The van der Waals surface area contributed by atoms with Crippen LogP contribution in [-0.2, 0) is 11.4 Å². The Hall–Kier alpha value is -2.47. The van der Waals surface area contributed by atoms with E-state index in [2.05, 4.69) is 5.32 Å². The highest BCUT2D eigenvalue weighted by Crippen LogP contribution is 2.26. The highest BCUT2D eigenvalue weighted by Gasteiger charge is 2.12. The van der Waals surface area contributed by atoms with Crippen LogP contribution in [0.5, 0.6) is 11.5 Å². The first-order chi connectivity index (χ1) is 11.6. The molecule has 0 bridgehead atoms. The molecule has 0 atom stereocenters. The number of methoxy groups -OCH3 is 1. The van der Waals surface area contributed by atoms with E-state index in [0.717, 1.165) is 0 Å². The van der Waals surface area contributed by atoms with Crippen LogP contribution >= 0.6 is 11.6 Å². The van der Waals surface area contributed by atoms with Crippen molar-refractivity contribution >= 4 is 22.8 Å². The fraction of sp³-hybridized carbons (Fsp3) is 0.294. The molecular weight excluding hydrogens is 334 g/mol. The number of ether oxygens (including phenoxy) is 2. The Kier molecular flexibility index (Phi) is 6.69. The van der Waals surface area contributed by atoms with Crippen molar-refractivity contribution < 1.29 is 23.5 Å². The van der Waals surface area contributed by atoms with Gasteiger partial charge in [-0.25, -0.2) is 0 Å². The summed E-state index contributed by atoms with van der Waals surface area (Å²) >= 11 is 5.23. The molecule has 0 aliphatic heterocycles. The summed E-state index contributed by atoms with van der Waals surface area (Å²) in [5, 5.41) is 2.24. The summed E-state index contributed by atoms with van der Waals surface area (Å²) in [4.78, 5) is 22.5. The van der Waals surface area contributed by atoms with Crippen LogP contribution < -0.4 is 14.8 Å². The second-order valence-corrected chi connectivity index (χ2v) is 5.34. The molecule has 0 saturated carbocycles. The SMILES string of the molecule is COc1ccccc1OCc1ccc(C(=O)NCCCC(=O)Cl)o1. The van der Waals surface area contributed by atoms with Crippen LogP contribution in [0.15, 0.2) is 40.8 Å². The Balaban J connectivity index is 1.84. The summed E-state index contributed by atoms with van der Waals surface area (Å²) in [6, 6.07) is 10.5. The fourth-order valence-electron chi connectivity index (χ4n) is 1.98. The van der Waals surface area contributed by atoms with Crippen molar-refractivity contribution in [3.05, 3.63) is 47.9 Å². The molecule has 24 heavy (non-hydrogen) atoms. The standard InChI is InChI=1S/C17H18ClNO5/c1-22-13-5-2-3-6-14(13)23-11-12-8-9-15(24-12)17(21)19-10-4-7-16(18)20/h2-3,5-6,8-9H,4,7,10-11H2,1H3,(H,19,21). The average Bonchev–Trinajstić information content (AvgIpc) is 3.06. The van der Waals surface area contributed by atoms with Gasteiger partial charge in [0, 0.05) is 13.0 Å². The average molecular weight is 352 g/mol. The first-order valence-corrected chi connectivity index (χ1v) is 7.79. The Morgan fingerprint density at radius 3 is 2.62 bits per heavy atom. The number of rotatable bonds is 9. The van der Waals surface area contributed by atoms with Gasteiger partial charge in [0.1, 0.15) is 12.4 Å². The van der Waals surface area contributed by atoms with Crippen LogP contribution in [0.25, 0.3) is 0 Å². The van der Waals surface area contributed by atoms with Crippen molar-refractivity contribution in [3.63, 3.8) is 0 Å². The van der Waals surface area contributed by atoms with E-state index in [0.29, 0.717) is 30.2 Å². The largest absolute Gasteiger partial charge is 0.493 e. The van der Waals surface area contributed by atoms with E-state index in [1.54, 1.807) is 31.4 Å². The number of benzene rings is 1. The Morgan fingerprint density at radius 2 is 1.92 bits per heavy atom. The topological polar surface area (TPSA) is 77.8 Å². The van der Waals surface area contributed by atoms with Crippen LogP contribution in [0.3, 0.4) is 0 Å². The molecule has 1 amide bonds. The lowest BCUT2D eigenvalue weighted by Gasteiger charge is -2.08. The zero-order valence-corrected chi connectivity index (χ0v) is 14.0. The number of carbonyl (C=O) groups excluding carboxylic acids is 2. The second-order valence-electron chi connectivity index (χ2n) is 4.92. The third kappa shape index (κ3) is 5.31. The molecule has 1 aromatic carbocycles. The molecule has 1 N–H and O–H groups in total. The normalized spacial score (nSPS) is 10.2. The van der Waals surface area contributed by atoms with Crippen molar-refractivity contribution in [3.8, 4) is 11.5 Å². The number of hydrogen-bond donors (Lipinski definition) is 1. The fourth-order valence-corrected chi connectivity index (χ4v) is 2.11. The molecule has 0 unspecified atom stereocenters. The van der Waals surface area contributed by atoms with Gasteiger partial charge in [0.15, 0.2) is 17.3 Å². The van der Waals surface area contributed by atoms with Gasteiger partial charge in [0.25, 0.3) is 5.91 Å². The van der Waals surface area contributed by atoms with Gasteiger partial charge < -0.3 is 19.2 Å². The van der Waals surface area contributed by atoms with Gasteiger partial charge in [0.2, 0.25) is 5.24 Å². The minimum absolute atomic E-state index is 0.175. The highest BCUT2D eigenvalue weighted by molar-refractivity contribution is 6.63. The van der Waals surface area contributed by atoms with E-state index in [-0.39, 0.29) is 24.7 Å². The highest BCUT2D eigenvalue weighted by atomic mass is 35.5. The smallest absolute Gasteiger partial charge is 0.286 e. The van der Waals surface area contributed by atoms with Crippen LogP contribution in [-0.4, -0.2) is 24.8 Å². The third-order valence-electron chi connectivity index (χ3n) is 3.16. The summed E-state index contributed by atoms with van der Waals surface area (Å²) in [5.74, 6) is 1.57. The lowest BCUT2D eigenvalue weighted by Crippen LogP contribution is -2.24. The molecule has 2 rings (SSSR count). The summed E-state index contributed by atoms with van der Waals surface area (Å²) in [5.41, 5.74) is 0. The molecule has 1 heterocycles.